The monoisotopic (exact) mass is 266 g/mol. The average molecular weight is 266 g/mol. The van der Waals surface area contributed by atoms with Crippen molar-refractivity contribution in [3.63, 3.8) is 0 Å². The lowest BCUT2D eigenvalue weighted by atomic mass is 9.79. The van der Waals surface area contributed by atoms with Crippen molar-refractivity contribution >= 4 is 34.9 Å². The Morgan fingerprint density at radius 1 is 0.800 bits per heavy atom. The van der Waals surface area contributed by atoms with Crippen LogP contribution in [0.1, 0.15) is 48.4 Å². The molecule has 0 N–H and O–H groups in total. The van der Waals surface area contributed by atoms with E-state index in [1.807, 2.05) is 0 Å². The van der Waals surface area contributed by atoms with Crippen molar-refractivity contribution < 1.29 is 19.2 Å². The molecular formula is C16H10O4. The van der Waals surface area contributed by atoms with Gasteiger partial charge in [-0.05, 0) is 6.92 Å². The zero-order chi connectivity index (χ0) is 14.4. The summed E-state index contributed by atoms with van der Waals surface area (Å²) in [5.41, 5.74) is 1.42. The molecule has 0 radical (unpaired) electrons. The van der Waals surface area contributed by atoms with E-state index in [2.05, 4.69) is 0 Å². The van der Waals surface area contributed by atoms with Crippen molar-refractivity contribution in [3.8, 4) is 0 Å². The van der Waals surface area contributed by atoms with Crippen LogP contribution in [0.4, 0.5) is 0 Å². The third-order valence-corrected chi connectivity index (χ3v) is 3.80. The topological polar surface area (TPSA) is 68.3 Å². The number of rotatable bonds is 2. The average Bonchev–Trinajstić information content (AvgIpc) is 2.49. The summed E-state index contributed by atoms with van der Waals surface area (Å²) in [6, 6.07) is 6.13. The molecule has 20 heavy (non-hydrogen) atoms. The molecule has 0 saturated carbocycles. The van der Waals surface area contributed by atoms with Gasteiger partial charge in [0.15, 0.2) is 24.1 Å². The van der Waals surface area contributed by atoms with E-state index in [9.17, 15) is 19.2 Å². The molecule has 0 bridgehead atoms. The largest absolute Gasteiger partial charge is 0.298 e. The fraction of sp³-hybridized carbons (Fsp3) is 0.125. The molecule has 2 aromatic carbocycles. The highest BCUT2D eigenvalue weighted by molar-refractivity contribution is 6.31. The van der Waals surface area contributed by atoms with Crippen LogP contribution in [0.25, 0.3) is 10.8 Å². The minimum absolute atomic E-state index is 0.270. The number of aldehydes is 2. The van der Waals surface area contributed by atoms with Crippen LogP contribution in [-0.4, -0.2) is 24.1 Å². The van der Waals surface area contributed by atoms with Gasteiger partial charge in [-0.2, -0.15) is 0 Å². The molecular weight excluding hydrogens is 256 g/mol. The quantitative estimate of drug-likeness (QED) is 0.618. The lowest BCUT2D eigenvalue weighted by Gasteiger charge is -2.21. The molecule has 0 aromatic heterocycles. The molecule has 0 saturated heterocycles. The van der Waals surface area contributed by atoms with Crippen molar-refractivity contribution in [2.24, 2.45) is 5.92 Å². The molecule has 3 rings (SSSR count). The van der Waals surface area contributed by atoms with Crippen molar-refractivity contribution in [1.29, 1.82) is 0 Å². The lowest BCUT2D eigenvalue weighted by Crippen LogP contribution is -2.27. The second kappa shape index (κ2) is 4.20. The second-order valence-electron chi connectivity index (χ2n) is 4.84. The number of carbonyl (C=O) groups is 4. The van der Waals surface area contributed by atoms with Crippen molar-refractivity contribution in [1.82, 2.24) is 0 Å². The maximum absolute atomic E-state index is 12.2. The fourth-order valence-electron chi connectivity index (χ4n) is 2.74. The zero-order valence-corrected chi connectivity index (χ0v) is 10.7. The molecule has 4 heteroatoms. The van der Waals surface area contributed by atoms with Gasteiger partial charge in [0.25, 0.3) is 0 Å². The first-order valence-corrected chi connectivity index (χ1v) is 6.18. The Morgan fingerprint density at radius 2 is 1.25 bits per heavy atom. The first-order chi connectivity index (χ1) is 9.60. The first-order valence-electron chi connectivity index (χ1n) is 6.18. The number of hydrogen-bond donors (Lipinski definition) is 0. The SMILES string of the molecule is CC1C(=O)c2ccc(C=O)c3c(C=O)ccc(c23)C1=O. The van der Waals surface area contributed by atoms with Gasteiger partial charge in [-0.25, -0.2) is 0 Å². The third-order valence-electron chi connectivity index (χ3n) is 3.80. The normalized spacial score (nSPS) is 14.7. The fourth-order valence-corrected chi connectivity index (χ4v) is 2.74. The molecule has 0 amide bonds. The Bertz CT molecular complexity index is 739. The molecule has 0 atom stereocenters. The van der Waals surface area contributed by atoms with E-state index >= 15 is 0 Å². The van der Waals surface area contributed by atoms with Gasteiger partial charge < -0.3 is 0 Å². The highest BCUT2D eigenvalue weighted by atomic mass is 16.2. The summed E-state index contributed by atoms with van der Waals surface area (Å²) in [4.78, 5) is 46.7. The third kappa shape index (κ3) is 1.42. The number of ketones is 2. The van der Waals surface area contributed by atoms with Gasteiger partial charge in [-0.1, -0.05) is 24.3 Å². The molecule has 1 aliphatic carbocycles. The van der Waals surface area contributed by atoms with Crippen LogP contribution in [0, 0.1) is 5.92 Å². The number of hydrogen-bond acceptors (Lipinski definition) is 4. The van der Waals surface area contributed by atoms with E-state index in [1.165, 1.54) is 12.1 Å². The van der Waals surface area contributed by atoms with Crippen LogP contribution >= 0.6 is 0 Å². The zero-order valence-electron chi connectivity index (χ0n) is 10.7. The Morgan fingerprint density at radius 3 is 1.65 bits per heavy atom. The minimum Gasteiger partial charge on any atom is -0.298 e. The van der Waals surface area contributed by atoms with Gasteiger partial charge in [0.1, 0.15) is 0 Å². The summed E-state index contributed by atoms with van der Waals surface area (Å²) < 4.78 is 0. The number of benzene rings is 2. The van der Waals surface area contributed by atoms with Gasteiger partial charge in [-0.3, -0.25) is 19.2 Å². The Hall–Kier alpha value is -2.62. The highest BCUT2D eigenvalue weighted by Crippen LogP contribution is 2.35. The lowest BCUT2D eigenvalue weighted by molar-refractivity contribution is 0.0815. The number of Topliss-reactive ketones (excluding diaryl/α,β-unsaturated/α-hetero) is 2. The molecule has 0 fully saturated rings. The molecule has 1 aliphatic rings. The molecule has 0 unspecified atom stereocenters. The molecule has 0 heterocycles. The summed E-state index contributed by atoms with van der Waals surface area (Å²) in [5.74, 6) is -1.27. The summed E-state index contributed by atoms with van der Waals surface area (Å²) in [7, 11) is 0. The Labute approximate surface area is 114 Å². The van der Waals surface area contributed by atoms with Crippen LogP contribution in [-0.2, 0) is 0 Å². The van der Waals surface area contributed by atoms with E-state index in [1.54, 1.807) is 19.1 Å². The van der Waals surface area contributed by atoms with Gasteiger partial charge in [0.2, 0.25) is 0 Å². The van der Waals surface area contributed by atoms with Gasteiger partial charge in [0.05, 0.1) is 5.92 Å². The van der Waals surface area contributed by atoms with Gasteiger partial charge >= 0.3 is 0 Å². The van der Waals surface area contributed by atoms with Crippen molar-refractivity contribution in [2.75, 3.05) is 0 Å². The summed E-state index contributed by atoms with van der Waals surface area (Å²) in [6.07, 6.45) is 1.26. The van der Waals surface area contributed by atoms with E-state index in [4.69, 9.17) is 0 Å². The van der Waals surface area contributed by atoms with E-state index < -0.39 is 5.92 Å². The minimum atomic E-state index is -0.727. The van der Waals surface area contributed by atoms with E-state index in [0.717, 1.165) is 0 Å². The van der Waals surface area contributed by atoms with Crippen LogP contribution in [0.5, 0.6) is 0 Å². The Kier molecular flexibility index (Phi) is 2.61. The first kappa shape index (κ1) is 12.4. The second-order valence-corrected chi connectivity index (χ2v) is 4.84. The summed E-state index contributed by atoms with van der Waals surface area (Å²) >= 11 is 0. The maximum Gasteiger partial charge on any atom is 0.174 e. The summed E-state index contributed by atoms with van der Waals surface area (Å²) in [5, 5.41) is 0.811. The van der Waals surface area contributed by atoms with Crippen molar-refractivity contribution in [2.45, 2.75) is 6.92 Å². The molecule has 4 nitrogen and oxygen atoms in total. The van der Waals surface area contributed by atoms with Crippen LogP contribution < -0.4 is 0 Å². The van der Waals surface area contributed by atoms with Crippen LogP contribution in [0.2, 0.25) is 0 Å². The standard InChI is InChI=1S/C16H10O4/c1-8-15(19)11-4-2-9(6-17)13-10(7-18)3-5-12(14(11)13)16(8)20/h2-8H,1H3. The predicted molar refractivity (Wildman–Crippen MR) is 72.5 cm³/mol. The van der Waals surface area contributed by atoms with Gasteiger partial charge in [-0.15, -0.1) is 0 Å². The van der Waals surface area contributed by atoms with Crippen LogP contribution in [0.15, 0.2) is 24.3 Å². The predicted octanol–water partition coefficient (Wildman–Crippen LogP) is 2.48. The number of carbonyl (C=O) groups excluding carboxylic acids is 4. The molecule has 0 aliphatic heterocycles. The highest BCUT2D eigenvalue weighted by Gasteiger charge is 2.33. The van der Waals surface area contributed by atoms with Crippen LogP contribution in [0.3, 0.4) is 0 Å². The Balaban J connectivity index is 2.58. The van der Waals surface area contributed by atoms with E-state index in [0.29, 0.717) is 45.6 Å². The summed E-state index contributed by atoms with van der Waals surface area (Å²) in [6.45, 7) is 1.57. The van der Waals surface area contributed by atoms with E-state index in [-0.39, 0.29) is 11.6 Å². The maximum atomic E-state index is 12.2. The smallest absolute Gasteiger partial charge is 0.174 e. The molecule has 2 aromatic rings. The van der Waals surface area contributed by atoms with Gasteiger partial charge in [0, 0.05) is 33.0 Å². The van der Waals surface area contributed by atoms with Crippen molar-refractivity contribution in [3.05, 3.63) is 46.5 Å². The molecule has 98 valence electrons. The molecule has 0 spiro atoms.